The van der Waals surface area contributed by atoms with Crippen molar-refractivity contribution in [1.82, 2.24) is 0 Å². The smallest absolute Gasteiger partial charge is 0.171 e. The van der Waals surface area contributed by atoms with E-state index in [-0.39, 0.29) is 5.82 Å². The fourth-order valence-corrected chi connectivity index (χ4v) is 2.64. The first-order chi connectivity index (χ1) is 9.74. The van der Waals surface area contributed by atoms with Crippen molar-refractivity contribution in [2.24, 2.45) is 11.8 Å². The Bertz CT molecular complexity index is 421. The van der Waals surface area contributed by atoms with Crippen LogP contribution in [0, 0.1) is 24.6 Å². The van der Waals surface area contributed by atoms with Crippen LogP contribution < -0.4 is 9.47 Å². The Hall–Kier alpha value is -1.25. The first kappa shape index (κ1) is 13.7. The number of benzene rings is 1. The maximum absolute atomic E-state index is 14.2. The molecule has 2 nitrogen and oxygen atoms in total. The number of hydrogen-bond donors (Lipinski definition) is 0. The second-order valence-electron chi connectivity index (χ2n) is 6.22. The Balaban J connectivity index is 1.59. The number of hydrogen-bond acceptors (Lipinski definition) is 2. The zero-order valence-electron chi connectivity index (χ0n) is 12.2. The lowest BCUT2D eigenvalue weighted by Gasteiger charge is -2.26. The minimum atomic E-state index is -0.268. The maximum Gasteiger partial charge on any atom is 0.171 e. The molecule has 2 aliphatic carbocycles. The maximum atomic E-state index is 14.2. The number of ether oxygens (including phenoxy) is 2. The molecule has 0 N–H and O–H groups in total. The van der Waals surface area contributed by atoms with Gasteiger partial charge in [-0.15, -0.1) is 0 Å². The van der Waals surface area contributed by atoms with Crippen molar-refractivity contribution in [2.75, 3.05) is 13.2 Å². The van der Waals surface area contributed by atoms with Gasteiger partial charge in [-0.3, -0.25) is 0 Å². The molecule has 3 rings (SSSR count). The van der Waals surface area contributed by atoms with Crippen molar-refractivity contribution in [1.29, 1.82) is 0 Å². The largest absolute Gasteiger partial charge is 0.493 e. The summed E-state index contributed by atoms with van der Waals surface area (Å²) in [5, 5.41) is 0. The molecule has 0 heterocycles. The van der Waals surface area contributed by atoms with Crippen molar-refractivity contribution >= 4 is 0 Å². The second-order valence-corrected chi connectivity index (χ2v) is 6.22. The second kappa shape index (κ2) is 6.02. The van der Waals surface area contributed by atoms with Crippen molar-refractivity contribution in [3.8, 4) is 11.5 Å². The fraction of sp³-hybridized carbons (Fsp3) is 0.647. The quantitative estimate of drug-likeness (QED) is 0.763. The van der Waals surface area contributed by atoms with Gasteiger partial charge in [-0.25, -0.2) is 4.39 Å². The lowest BCUT2D eigenvalue weighted by atomic mass is 9.86. The summed E-state index contributed by atoms with van der Waals surface area (Å²) in [7, 11) is 0. The molecule has 0 amide bonds. The zero-order valence-corrected chi connectivity index (χ0v) is 12.2. The number of rotatable bonds is 6. The van der Waals surface area contributed by atoms with Crippen LogP contribution in [0.3, 0.4) is 0 Å². The molecule has 0 saturated heterocycles. The van der Waals surface area contributed by atoms with Crippen LogP contribution in [0.4, 0.5) is 4.39 Å². The highest BCUT2D eigenvalue weighted by Gasteiger charge is 2.21. The van der Waals surface area contributed by atoms with E-state index in [1.54, 1.807) is 13.0 Å². The van der Waals surface area contributed by atoms with Gasteiger partial charge >= 0.3 is 0 Å². The molecule has 0 aromatic heterocycles. The third-order valence-electron chi connectivity index (χ3n) is 4.70. The standard InChI is InChI=1S/C17H23FO2/c1-12-15(19-10-13-4-2-5-13)8-9-16(17(12)18)20-11-14-6-3-7-14/h8-9,13-14H,2-7,10-11H2,1H3. The molecule has 0 bridgehead atoms. The van der Waals surface area contributed by atoms with E-state index in [4.69, 9.17) is 9.47 Å². The summed E-state index contributed by atoms with van der Waals surface area (Å²) < 4.78 is 25.6. The van der Waals surface area contributed by atoms with Gasteiger partial charge in [-0.2, -0.15) is 0 Å². The van der Waals surface area contributed by atoms with E-state index in [1.807, 2.05) is 6.07 Å². The molecule has 110 valence electrons. The Morgan fingerprint density at radius 1 is 0.950 bits per heavy atom. The van der Waals surface area contributed by atoms with Crippen LogP contribution in [0.1, 0.15) is 44.1 Å². The minimum Gasteiger partial charge on any atom is -0.493 e. The molecule has 20 heavy (non-hydrogen) atoms. The molecule has 0 unspecified atom stereocenters. The molecule has 2 fully saturated rings. The van der Waals surface area contributed by atoms with Gasteiger partial charge in [0.1, 0.15) is 5.75 Å². The third kappa shape index (κ3) is 2.92. The highest BCUT2D eigenvalue weighted by atomic mass is 19.1. The summed E-state index contributed by atoms with van der Waals surface area (Å²) >= 11 is 0. The predicted octanol–water partition coefficient (Wildman–Crippen LogP) is 4.49. The Morgan fingerprint density at radius 2 is 1.45 bits per heavy atom. The minimum absolute atomic E-state index is 0.268. The van der Waals surface area contributed by atoms with Gasteiger partial charge < -0.3 is 9.47 Å². The molecule has 0 atom stereocenters. The molecule has 2 aliphatic rings. The van der Waals surface area contributed by atoms with Gasteiger partial charge in [-0.1, -0.05) is 12.8 Å². The monoisotopic (exact) mass is 278 g/mol. The average Bonchev–Trinajstić information content (AvgIpc) is 2.33. The highest BCUT2D eigenvalue weighted by Crippen LogP contribution is 2.33. The molecule has 3 heteroatoms. The summed E-state index contributed by atoms with van der Waals surface area (Å²) in [6.45, 7) is 3.11. The van der Waals surface area contributed by atoms with Crippen LogP contribution in [-0.4, -0.2) is 13.2 Å². The molecule has 0 radical (unpaired) electrons. The molecule has 0 aliphatic heterocycles. The van der Waals surface area contributed by atoms with Crippen LogP contribution in [0.5, 0.6) is 11.5 Å². The van der Waals surface area contributed by atoms with E-state index >= 15 is 0 Å². The van der Waals surface area contributed by atoms with Crippen molar-refractivity contribution in [3.63, 3.8) is 0 Å². The summed E-state index contributed by atoms with van der Waals surface area (Å²) in [4.78, 5) is 0. The summed E-state index contributed by atoms with van der Waals surface area (Å²) in [6, 6.07) is 3.55. The van der Waals surface area contributed by atoms with E-state index in [9.17, 15) is 4.39 Å². The fourth-order valence-electron chi connectivity index (χ4n) is 2.64. The summed E-state index contributed by atoms with van der Waals surface area (Å²) in [5.41, 5.74) is 0.565. The van der Waals surface area contributed by atoms with Crippen LogP contribution in [0.15, 0.2) is 12.1 Å². The third-order valence-corrected chi connectivity index (χ3v) is 4.70. The van der Waals surface area contributed by atoms with Crippen molar-refractivity contribution < 1.29 is 13.9 Å². The van der Waals surface area contributed by atoms with Crippen molar-refractivity contribution in [3.05, 3.63) is 23.5 Å². The average molecular weight is 278 g/mol. The van der Waals surface area contributed by atoms with E-state index in [0.717, 1.165) is 0 Å². The van der Waals surface area contributed by atoms with Crippen LogP contribution in [0.25, 0.3) is 0 Å². The molecule has 2 saturated carbocycles. The normalized spacial score (nSPS) is 19.3. The van der Waals surface area contributed by atoms with Gasteiger partial charge in [0, 0.05) is 5.56 Å². The molecular formula is C17H23FO2. The van der Waals surface area contributed by atoms with E-state index in [0.29, 0.717) is 42.1 Å². The molecule has 1 aromatic carbocycles. The van der Waals surface area contributed by atoms with Gasteiger partial charge in [0.2, 0.25) is 0 Å². The Kier molecular flexibility index (Phi) is 4.13. The Labute approximate surface area is 120 Å². The van der Waals surface area contributed by atoms with Crippen LogP contribution in [0.2, 0.25) is 0 Å². The van der Waals surface area contributed by atoms with Gasteiger partial charge in [0.15, 0.2) is 11.6 Å². The molecule has 1 aromatic rings. The van der Waals surface area contributed by atoms with Gasteiger partial charge in [0.25, 0.3) is 0 Å². The SMILES string of the molecule is Cc1c(OCC2CCC2)ccc(OCC2CCC2)c1F. The van der Waals surface area contributed by atoms with E-state index in [1.165, 1.54) is 38.5 Å². The molecular weight excluding hydrogens is 255 g/mol. The lowest BCUT2D eigenvalue weighted by molar-refractivity contribution is 0.171. The molecule has 0 spiro atoms. The first-order valence-corrected chi connectivity index (χ1v) is 7.78. The van der Waals surface area contributed by atoms with E-state index < -0.39 is 0 Å². The predicted molar refractivity (Wildman–Crippen MR) is 76.8 cm³/mol. The highest BCUT2D eigenvalue weighted by molar-refractivity contribution is 5.41. The van der Waals surface area contributed by atoms with Crippen molar-refractivity contribution in [2.45, 2.75) is 45.4 Å². The first-order valence-electron chi connectivity index (χ1n) is 7.78. The lowest BCUT2D eigenvalue weighted by Crippen LogP contribution is -2.20. The van der Waals surface area contributed by atoms with Gasteiger partial charge in [-0.05, 0) is 56.6 Å². The van der Waals surface area contributed by atoms with Crippen LogP contribution in [-0.2, 0) is 0 Å². The zero-order chi connectivity index (χ0) is 13.9. The van der Waals surface area contributed by atoms with E-state index in [2.05, 4.69) is 0 Å². The summed E-state index contributed by atoms with van der Waals surface area (Å²) in [5.74, 6) is 2.03. The van der Waals surface area contributed by atoms with Gasteiger partial charge in [0.05, 0.1) is 13.2 Å². The van der Waals surface area contributed by atoms with Crippen LogP contribution >= 0.6 is 0 Å². The summed E-state index contributed by atoms with van der Waals surface area (Å²) in [6.07, 6.45) is 7.49. The Morgan fingerprint density at radius 3 is 1.95 bits per heavy atom. The topological polar surface area (TPSA) is 18.5 Å². The number of halogens is 1.